The van der Waals surface area contributed by atoms with Crippen LogP contribution in [-0.2, 0) is 0 Å². The van der Waals surface area contributed by atoms with Crippen molar-refractivity contribution in [3.8, 4) is 0 Å². The second-order valence-electron chi connectivity index (χ2n) is 3.09. The molecular weight excluding hydrogens is 180 g/mol. The van der Waals surface area contributed by atoms with Gasteiger partial charge in [-0.3, -0.25) is 0 Å². The minimum atomic E-state index is -0.564. The highest BCUT2D eigenvalue weighted by Crippen LogP contribution is 2.12. The average Bonchev–Trinajstić information content (AvgIpc) is 2.65. The maximum Gasteiger partial charge on any atom is 0.108 e. The average molecular weight is 192 g/mol. The van der Waals surface area contributed by atoms with Crippen LogP contribution >= 0.6 is 0 Å². The van der Waals surface area contributed by atoms with E-state index in [1.54, 1.807) is 17.8 Å². The lowest BCUT2D eigenvalue weighted by Gasteiger charge is -2.10. The summed E-state index contributed by atoms with van der Waals surface area (Å²) >= 11 is 0. The summed E-state index contributed by atoms with van der Waals surface area (Å²) in [5.41, 5.74) is 1.63. The lowest BCUT2D eigenvalue weighted by molar-refractivity contribution is 0.170. The van der Waals surface area contributed by atoms with Crippen LogP contribution in [0.25, 0.3) is 5.52 Å². The molecule has 0 saturated carbocycles. The molecule has 74 valence electrons. The van der Waals surface area contributed by atoms with E-state index in [1.165, 1.54) is 0 Å². The van der Waals surface area contributed by atoms with Crippen LogP contribution in [0.3, 0.4) is 0 Å². The minimum absolute atomic E-state index is 0.499. The number of fused-ring (bicyclic) bond motifs is 1. The molecule has 0 aliphatic rings. The first-order valence-electron chi connectivity index (χ1n) is 4.45. The van der Waals surface area contributed by atoms with Crippen molar-refractivity contribution in [1.82, 2.24) is 20.1 Å². The summed E-state index contributed by atoms with van der Waals surface area (Å²) in [6.07, 6.45) is 1.10. The molecule has 1 atom stereocenters. The molecule has 0 radical (unpaired) electrons. The zero-order chi connectivity index (χ0) is 9.97. The number of rotatable bonds is 3. The molecule has 0 aliphatic carbocycles. The number of likely N-dealkylation sites (N-methyl/N-ethyl adjacent to an activating group) is 1. The second kappa shape index (κ2) is 3.73. The van der Waals surface area contributed by atoms with Gasteiger partial charge in [-0.25, -0.2) is 4.52 Å². The molecule has 5 heteroatoms. The molecule has 14 heavy (non-hydrogen) atoms. The van der Waals surface area contributed by atoms with E-state index in [4.69, 9.17) is 0 Å². The van der Waals surface area contributed by atoms with Crippen LogP contribution in [-0.4, -0.2) is 33.5 Å². The number of nitrogens with one attached hydrogen (secondary N) is 1. The fourth-order valence-electron chi connectivity index (χ4n) is 1.42. The molecule has 2 rings (SSSR count). The minimum Gasteiger partial charge on any atom is -0.385 e. The molecule has 0 spiro atoms. The number of hydrogen-bond acceptors (Lipinski definition) is 4. The van der Waals surface area contributed by atoms with Gasteiger partial charge in [0.05, 0.1) is 17.4 Å². The topological polar surface area (TPSA) is 62.5 Å². The van der Waals surface area contributed by atoms with Gasteiger partial charge in [0, 0.05) is 6.54 Å². The van der Waals surface area contributed by atoms with Gasteiger partial charge in [-0.05, 0) is 19.2 Å². The molecular formula is C9H12N4O. The quantitative estimate of drug-likeness (QED) is 0.717. The van der Waals surface area contributed by atoms with Gasteiger partial charge in [-0.2, -0.15) is 0 Å². The van der Waals surface area contributed by atoms with Crippen LogP contribution < -0.4 is 5.32 Å². The van der Waals surface area contributed by atoms with Gasteiger partial charge in [0.25, 0.3) is 0 Å². The molecule has 0 fully saturated rings. The molecule has 2 aromatic rings. The molecule has 0 aliphatic heterocycles. The molecule has 1 unspecified atom stereocenters. The van der Waals surface area contributed by atoms with Gasteiger partial charge in [0.15, 0.2) is 0 Å². The van der Waals surface area contributed by atoms with Crippen molar-refractivity contribution in [3.63, 3.8) is 0 Å². The Hall–Kier alpha value is -1.46. The smallest absolute Gasteiger partial charge is 0.108 e. The van der Waals surface area contributed by atoms with Crippen molar-refractivity contribution in [2.75, 3.05) is 13.6 Å². The molecule has 0 saturated heterocycles. The van der Waals surface area contributed by atoms with Crippen LogP contribution in [0.2, 0.25) is 0 Å². The van der Waals surface area contributed by atoms with Crippen molar-refractivity contribution < 1.29 is 5.11 Å². The van der Waals surface area contributed by atoms with Crippen molar-refractivity contribution in [3.05, 3.63) is 30.1 Å². The normalized spacial score (nSPS) is 13.3. The van der Waals surface area contributed by atoms with E-state index in [2.05, 4.69) is 15.6 Å². The molecule has 2 N–H and O–H groups in total. The fraction of sp³-hybridized carbons (Fsp3) is 0.333. The summed E-state index contributed by atoms with van der Waals surface area (Å²) in [4.78, 5) is 0. The van der Waals surface area contributed by atoms with E-state index >= 15 is 0 Å². The first-order chi connectivity index (χ1) is 6.83. The van der Waals surface area contributed by atoms with E-state index in [9.17, 15) is 5.11 Å². The summed E-state index contributed by atoms with van der Waals surface area (Å²) in [7, 11) is 1.80. The third-order valence-corrected chi connectivity index (χ3v) is 2.09. The number of nitrogens with zero attached hydrogens (tertiary/aromatic N) is 3. The van der Waals surface area contributed by atoms with E-state index in [0.717, 1.165) is 11.2 Å². The van der Waals surface area contributed by atoms with E-state index < -0.39 is 6.10 Å². The maximum absolute atomic E-state index is 9.79. The molecule has 0 bridgehead atoms. The Balaban J connectivity index is 2.45. The van der Waals surface area contributed by atoms with Crippen LogP contribution in [0.15, 0.2) is 24.4 Å². The predicted molar refractivity (Wildman–Crippen MR) is 51.9 cm³/mol. The van der Waals surface area contributed by atoms with Crippen molar-refractivity contribution in [2.24, 2.45) is 0 Å². The Morgan fingerprint density at radius 1 is 1.57 bits per heavy atom. The first kappa shape index (κ1) is 9.11. The Morgan fingerprint density at radius 2 is 2.43 bits per heavy atom. The number of aliphatic hydroxyl groups is 1. The van der Waals surface area contributed by atoms with Gasteiger partial charge >= 0.3 is 0 Å². The second-order valence-corrected chi connectivity index (χ2v) is 3.09. The van der Waals surface area contributed by atoms with Crippen molar-refractivity contribution in [2.45, 2.75) is 6.10 Å². The third kappa shape index (κ3) is 1.47. The highest BCUT2D eigenvalue weighted by Gasteiger charge is 2.10. The molecule has 2 heterocycles. The summed E-state index contributed by atoms with van der Waals surface area (Å²) in [5, 5.41) is 20.4. The number of aromatic nitrogens is 3. The monoisotopic (exact) mass is 192 g/mol. The van der Waals surface area contributed by atoms with Gasteiger partial charge in [0.2, 0.25) is 0 Å². The van der Waals surface area contributed by atoms with Crippen molar-refractivity contribution in [1.29, 1.82) is 0 Å². The first-order valence-corrected chi connectivity index (χ1v) is 4.45. The fourth-order valence-corrected chi connectivity index (χ4v) is 1.42. The van der Waals surface area contributed by atoms with Gasteiger partial charge in [-0.1, -0.05) is 11.3 Å². The maximum atomic E-state index is 9.79. The zero-order valence-corrected chi connectivity index (χ0v) is 7.88. The lowest BCUT2D eigenvalue weighted by Crippen LogP contribution is -2.19. The SMILES string of the molecule is CNCC(O)c1cccc2cnnn12. The van der Waals surface area contributed by atoms with E-state index in [0.29, 0.717) is 6.54 Å². The zero-order valence-electron chi connectivity index (χ0n) is 7.88. The summed E-state index contributed by atoms with van der Waals surface area (Å²) in [5.74, 6) is 0. The van der Waals surface area contributed by atoms with Crippen LogP contribution in [0, 0.1) is 0 Å². The summed E-state index contributed by atoms with van der Waals surface area (Å²) in [6.45, 7) is 0.499. The van der Waals surface area contributed by atoms with E-state index in [-0.39, 0.29) is 0 Å². The number of aliphatic hydroxyl groups excluding tert-OH is 1. The van der Waals surface area contributed by atoms with Crippen LogP contribution in [0.5, 0.6) is 0 Å². The lowest BCUT2D eigenvalue weighted by atomic mass is 10.2. The highest BCUT2D eigenvalue weighted by molar-refractivity contribution is 5.44. The third-order valence-electron chi connectivity index (χ3n) is 2.09. The number of hydrogen-bond donors (Lipinski definition) is 2. The summed E-state index contributed by atoms with van der Waals surface area (Å²) in [6, 6.07) is 5.62. The molecule has 2 aromatic heterocycles. The van der Waals surface area contributed by atoms with Gasteiger partial charge in [-0.15, -0.1) is 5.10 Å². The Labute approximate surface area is 81.4 Å². The Morgan fingerprint density at radius 3 is 3.21 bits per heavy atom. The predicted octanol–water partition coefficient (Wildman–Crippen LogP) is -0.0179. The van der Waals surface area contributed by atoms with Gasteiger partial charge < -0.3 is 10.4 Å². The van der Waals surface area contributed by atoms with Crippen LogP contribution in [0.1, 0.15) is 11.8 Å². The highest BCUT2D eigenvalue weighted by atomic mass is 16.3. The number of pyridine rings is 1. The molecule has 0 amide bonds. The standard InChI is InChI=1S/C9H12N4O/c1-10-6-9(14)8-4-2-3-7-5-11-12-13(7)8/h2-5,9-10,14H,6H2,1H3. The van der Waals surface area contributed by atoms with Crippen LogP contribution in [0.4, 0.5) is 0 Å². The van der Waals surface area contributed by atoms with Crippen molar-refractivity contribution >= 4 is 5.52 Å². The summed E-state index contributed by atoms with van der Waals surface area (Å²) < 4.78 is 1.64. The Kier molecular flexibility index (Phi) is 2.43. The largest absolute Gasteiger partial charge is 0.385 e. The molecule has 5 nitrogen and oxygen atoms in total. The van der Waals surface area contributed by atoms with E-state index in [1.807, 2.05) is 18.2 Å². The Bertz CT molecular complexity index is 425. The van der Waals surface area contributed by atoms with Gasteiger partial charge in [0.1, 0.15) is 6.10 Å². The molecule has 0 aromatic carbocycles.